The van der Waals surface area contributed by atoms with E-state index in [2.05, 4.69) is 18.2 Å². The first-order chi connectivity index (χ1) is 8.64. The first-order valence-electron chi connectivity index (χ1n) is 6.18. The third kappa shape index (κ3) is 1.32. The molecule has 0 N–H and O–H groups in total. The molecular formula is C15H14O3. The van der Waals surface area contributed by atoms with E-state index >= 15 is 0 Å². The second kappa shape index (κ2) is 3.25. The minimum Gasteiger partial charge on any atom is -0.461 e. The van der Waals surface area contributed by atoms with E-state index < -0.39 is 5.79 Å². The van der Waals surface area contributed by atoms with Gasteiger partial charge in [-0.15, -0.1) is 0 Å². The molecule has 2 heterocycles. The highest BCUT2D eigenvalue weighted by Gasteiger charge is 2.49. The van der Waals surface area contributed by atoms with Crippen molar-refractivity contribution in [2.75, 3.05) is 0 Å². The fraction of sp³-hybridized carbons (Fsp3) is 0.333. The van der Waals surface area contributed by atoms with Crippen LogP contribution in [0.25, 0.3) is 10.8 Å². The molecule has 2 aliphatic heterocycles. The number of rotatable bonds is 0. The third-order valence-electron chi connectivity index (χ3n) is 3.52. The van der Waals surface area contributed by atoms with E-state index in [4.69, 9.17) is 14.2 Å². The zero-order valence-electron chi connectivity index (χ0n) is 10.3. The number of ether oxygens (including phenoxy) is 3. The lowest BCUT2D eigenvalue weighted by atomic mass is 10.0. The quantitative estimate of drug-likeness (QED) is 0.708. The Labute approximate surface area is 105 Å². The molecule has 0 saturated carbocycles. The van der Waals surface area contributed by atoms with Crippen molar-refractivity contribution in [3.8, 4) is 5.75 Å². The van der Waals surface area contributed by atoms with Gasteiger partial charge in [-0.2, -0.15) is 0 Å². The monoisotopic (exact) mass is 242 g/mol. The van der Waals surface area contributed by atoms with Crippen LogP contribution in [0.5, 0.6) is 5.75 Å². The molecule has 4 rings (SSSR count). The van der Waals surface area contributed by atoms with Crippen LogP contribution in [0.4, 0.5) is 0 Å². The van der Waals surface area contributed by atoms with Crippen molar-refractivity contribution in [3.63, 3.8) is 0 Å². The van der Waals surface area contributed by atoms with Gasteiger partial charge in [-0.05, 0) is 30.7 Å². The molecule has 1 saturated heterocycles. The van der Waals surface area contributed by atoms with Crippen LogP contribution in [0, 0.1) is 0 Å². The summed E-state index contributed by atoms with van der Waals surface area (Å²) in [4.78, 5) is 0. The van der Waals surface area contributed by atoms with Crippen LogP contribution in [0.2, 0.25) is 0 Å². The topological polar surface area (TPSA) is 27.7 Å². The summed E-state index contributed by atoms with van der Waals surface area (Å²) in [5, 5.41) is 2.39. The first kappa shape index (κ1) is 10.4. The van der Waals surface area contributed by atoms with Crippen molar-refractivity contribution >= 4 is 10.8 Å². The Hall–Kier alpha value is -1.58. The summed E-state index contributed by atoms with van der Waals surface area (Å²) in [6, 6.07) is 12.4. The van der Waals surface area contributed by atoms with E-state index in [9.17, 15) is 0 Å². The molecule has 2 aromatic carbocycles. The van der Waals surface area contributed by atoms with Crippen molar-refractivity contribution in [1.82, 2.24) is 0 Å². The van der Waals surface area contributed by atoms with Crippen LogP contribution in [0.15, 0.2) is 36.4 Å². The second-order valence-electron chi connectivity index (χ2n) is 5.24. The minimum atomic E-state index is -0.579. The number of hydrogen-bond donors (Lipinski definition) is 0. The van der Waals surface area contributed by atoms with Crippen molar-refractivity contribution in [3.05, 3.63) is 42.0 Å². The van der Waals surface area contributed by atoms with Gasteiger partial charge in [-0.3, -0.25) is 0 Å². The van der Waals surface area contributed by atoms with Gasteiger partial charge in [-0.1, -0.05) is 30.3 Å². The minimum absolute atomic E-state index is 0.124. The Kier molecular flexibility index (Phi) is 1.87. The SMILES string of the molecule is CC1(C)O[C@@H]2Oc3ccc4ccccc4c3[C@@H]2O1. The Bertz CT molecular complexity index is 633. The normalized spacial score (nSPS) is 27.9. The molecule has 2 aromatic rings. The molecule has 2 aliphatic rings. The Morgan fingerprint density at radius 2 is 1.83 bits per heavy atom. The molecule has 3 heteroatoms. The zero-order valence-corrected chi connectivity index (χ0v) is 10.3. The zero-order chi connectivity index (χ0) is 12.3. The lowest BCUT2D eigenvalue weighted by Crippen LogP contribution is -2.23. The highest BCUT2D eigenvalue weighted by atomic mass is 16.8. The van der Waals surface area contributed by atoms with Crippen molar-refractivity contribution in [2.45, 2.75) is 32.0 Å². The van der Waals surface area contributed by atoms with Crippen molar-refractivity contribution in [1.29, 1.82) is 0 Å². The maximum atomic E-state index is 5.96. The highest BCUT2D eigenvalue weighted by molar-refractivity contribution is 5.88. The van der Waals surface area contributed by atoms with Crippen LogP contribution in [-0.2, 0) is 9.47 Å². The summed E-state index contributed by atoms with van der Waals surface area (Å²) in [5.41, 5.74) is 1.11. The van der Waals surface area contributed by atoms with E-state index in [1.807, 2.05) is 32.0 Å². The molecule has 2 atom stereocenters. The van der Waals surface area contributed by atoms with Crippen LogP contribution < -0.4 is 4.74 Å². The lowest BCUT2D eigenvalue weighted by Gasteiger charge is -2.18. The molecule has 92 valence electrons. The standard InChI is InChI=1S/C15H14O3/c1-15(2)17-13-12-10-6-4-3-5-9(10)7-8-11(12)16-14(13)18-15/h3-8,13-14H,1-2H3/t13-,14-/m0/s1. The molecule has 0 unspecified atom stereocenters. The van der Waals surface area contributed by atoms with Gasteiger partial charge < -0.3 is 14.2 Å². The smallest absolute Gasteiger partial charge is 0.233 e. The van der Waals surface area contributed by atoms with Gasteiger partial charge >= 0.3 is 0 Å². The van der Waals surface area contributed by atoms with Gasteiger partial charge in [0.15, 0.2) is 11.9 Å². The van der Waals surface area contributed by atoms with Crippen molar-refractivity contribution in [2.24, 2.45) is 0 Å². The molecule has 1 fully saturated rings. The fourth-order valence-corrected chi connectivity index (χ4v) is 2.81. The van der Waals surface area contributed by atoms with E-state index in [0.29, 0.717) is 0 Å². The predicted molar refractivity (Wildman–Crippen MR) is 67.4 cm³/mol. The van der Waals surface area contributed by atoms with Crippen LogP contribution in [-0.4, -0.2) is 12.1 Å². The molecule has 0 aliphatic carbocycles. The van der Waals surface area contributed by atoms with Gasteiger partial charge in [0, 0.05) is 5.56 Å². The molecule has 0 spiro atoms. The van der Waals surface area contributed by atoms with Crippen LogP contribution >= 0.6 is 0 Å². The summed E-state index contributed by atoms with van der Waals surface area (Å²) >= 11 is 0. The number of benzene rings is 2. The van der Waals surface area contributed by atoms with E-state index in [1.54, 1.807) is 0 Å². The average Bonchev–Trinajstić information content (AvgIpc) is 2.80. The molecule has 0 bridgehead atoms. The fourth-order valence-electron chi connectivity index (χ4n) is 2.81. The first-order valence-corrected chi connectivity index (χ1v) is 6.18. The molecule has 18 heavy (non-hydrogen) atoms. The largest absolute Gasteiger partial charge is 0.461 e. The molecule has 0 aromatic heterocycles. The Morgan fingerprint density at radius 3 is 2.72 bits per heavy atom. The number of hydrogen-bond acceptors (Lipinski definition) is 3. The van der Waals surface area contributed by atoms with Gasteiger partial charge in [0.1, 0.15) is 5.75 Å². The van der Waals surface area contributed by atoms with Gasteiger partial charge in [-0.25, -0.2) is 0 Å². The van der Waals surface area contributed by atoms with E-state index in [1.165, 1.54) is 10.8 Å². The highest BCUT2D eigenvalue weighted by Crippen LogP contribution is 2.49. The van der Waals surface area contributed by atoms with Gasteiger partial charge in [0.05, 0.1) is 0 Å². The van der Waals surface area contributed by atoms with Crippen LogP contribution in [0.1, 0.15) is 25.5 Å². The third-order valence-corrected chi connectivity index (χ3v) is 3.52. The second-order valence-corrected chi connectivity index (χ2v) is 5.24. The molecular weight excluding hydrogens is 228 g/mol. The molecule has 3 nitrogen and oxygen atoms in total. The average molecular weight is 242 g/mol. The molecule has 0 radical (unpaired) electrons. The summed E-state index contributed by atoms with van der Waals surface area (Å²) in [6.07, 6.45) is -0.443. The van der Waals surface area contributed by atoms with Gasteiger partial charge in [0.2, 0.25) is 6.29 Å². The lowest BCUT2D eigenvalue weighted by molar-refractivity contribution is -0.171. The Morgan fingerprint density at radius 1 is 1.00 bits per heavy atom. The molecule has 0 amide bonds. The Balaban J connectivity index is 1.93. The summed E-state index contributed by atoms with van der Waals surface area (Å²) in [7, 11) is 0. The van der Waals surface area contributed by atoms with Crippen LogP contribution in [0.3, 0.4) is 0 Å². The van der Waals surface area contributed by atoms with Gasteiger partial charge in [0.25, 0.3) is 0 Å². The summed E-state index contributed by atoms with van der Waals surface area (Å²) in [6.45, 7) is 3.83. The maximum Gasteiger partial charge on any atom is 0.233 e. The summed E-state index contributed by atoms with van der Waals surface area (Å²) < 4.78 is 17.5. The summed E-state index contributed by atoms with van der Waals surface area (Å²) in [5.74, 6) is 0.295. The maximum absolute atomic E-state index is 5.96. The van der Waals surface area contributed by atoms with E-state index in [-0.39, 0.29) is 12.4 Å². The predicted octanol–water partition coefficient (Wildman–Crippen LogP) is 3.38. The van der Waals surface area contributed by atoms with Crippen molar-refractivity contribution < 1.29 is 14.2 Å². The van der Waals surface area contributed by atoms with E-state index in [0.717, 1.165) is 11.3 Å². The number of fused-ring (bicyclic) bond motifs is 5.